The Morgan fingerprint density at radius 1 is 0.773 bits per heavy atom. The van der Waals surface area contributed by atoms with Gasteiger partial charge in [-0.2, -0.15) is 0 Å². The fourth-order valence-electron chi connectivity index (χ4n) is 1.63. The van der Waals surface area contributed by atoms with Gasteiger partial charge in [0.25, 0.3) is 0 Å². The first-order valence-electron chi connectivity index (χ1n) is 7.79. The molecule has 0 bridgehead atoms. The molecule has 0 atom stereocenters. The molecule has 1 aromatic carbocycles. The smallest absolute Gasteiger partial charge is 0.320 e. The van der Waals surface area contributed by atoms with E-state index in [4.69, 9.17) is 9.47 Å². The predicted octanol–water partition coefficient (Wildman–Crippen LogP) is 3.99. The van der Waals surface area contributed by atoms with Crippen LogP contribution in [-0.2, 0) is 19.1 Å². The molecule has 4 heteroatoms. The van der Waals surface area contributed by atoms with Gasteiger partial charge in [-0.05, 0) is 34.1 Å². The summed E-state index contributed by atoms with van der Waals surface area (Å²) in [4.78, 5) is 23.3. The maximum atomic E-state index is 11.6. The summed E-state index contributed by atoms with van der Waals surface area (Å²) >= 11 is 0. The van der Waals surface area contributed by atoms with Gasteiger partial charge in [-0.3, -0.25) is 9.59 Å². The molecule has 0 aliphatic rings. The summed E-state index contributed by atoms with van der Waals surface area (Å²) in [5.74, 6) is -1.75. The lowest BCUT2D eigenvalue weighted by atomic mass is 10.0. The highest BCUT2D eigenvalue weighted by molar-refractivity contribution is 5.95. The third-order valence-corrected chi connectivity index (χ3v) is 2.52. The summed E-state index contributed by atoms with van der Waals surface area (Å²) in [5, 5.41) is 0. The molecule has 0 saturated carbocycles. The highest BCUT2D eigenvalue weighted by atomic mass is 16.6. The van der Waals surface area contributed by atoms with Crippen LogP contribution in [-0.4, -0.2) is 24.1 Å². The molecule has 0 heterocycles. The van der Waals surface area contributed by atoms with E-state index in [1.165, 1.54) is 0 Å². The van der Waals surface area contributed by atoms with Gasteiger partial charge in [0.05, 0.1) is 12.2 Å². The van der Waals surface area contributed by atoms with E-state index in [9.17, 15) is 9.59 Å². The van der Waals surface area contributed by atoms with Gasteiger partial charge in [-0.15, -0.1) is 0 Å². The van der Waals surface area contributed by atoms with Gasteiger partial charge in [0.1, 0.15) is 0 Å². The van der Waals surface area contributed by atoms with E-state index in [0.29, 0.717) is 6.42 Å². The molecule has 0 unspecified atom stereocenters. The highest BCUT2D eigenvalue weighted by Gasteiger charge is 2.29. The summed E-state index contributed by atoms with van der Waals surface area (Å²) in [7, 11) is 0. The van der Waals surface area contributed by atoms with Crippen molar-refractivity contribution in [3.8, 4) is 0 Å². The van der Waals surface area contributed by atoms with Crippen molar-refractivity contribution in [1.82, 2.24) is 0 Å². The zero-order chi connectivity index (χ0) is 17.0. The van der Waals surface area contributed by atoms with Crippen LogP contribution in [0.3, 0.4) is 0 Å². The van der Waals surface area contributed by atoms with E-state index in [-0.39, 0.29) is 12.2 Å². The molecule has 0 saturated heterocycles. The second-order valence-electron chi connectivity index (χ2n) is 5.47. The van der Waals surface area contributed by atoms with Crippen LogP contribution in [0.1, 0.15) is 47.5 Å². The summed E-state index contributed by atoms with van der Waals surface area (Å²) in [6.45, 7) is 8.95. The zero-order valence-electron chi connectivity index (χ0n) is 14.2. The summed E-state index contributed by atoms with van der Waals surface area (Å²) in [5.41, 5.74) is 0. The van der Waals surface area contributed by atoms with E-state index in [1.54, 1.807) is 27.7 Å². The lowest BCUT2D eigenvalue weighted by Crippen LogP contribution is -2.31. The van der Waals surface area contributed by atoms with Gasteiger partial charge in [0.15, 0.2) is 5.92 Å². The van der Waals surface area contributed by atoms with Crippen molar-refractivity contribution < 1.29 is 19.1 Å². The first kappa shape index (κ1) is 20.2. The van der Waals surface area contributed by atoms with Gasteiger partial charge >= 0.3 is 11.9 Å². The standard InChI is InChI=1S/C12H22O4.C6H6/c1-6-7-10(11(13)15-8(2)3)12(14)16-9(4)5;1-2-4-6-5-3-1/h8-10H,6-7H2,1-5H3;1-6H. The predicted molar refractivity (Wildman–Crippen MR) is 87.3 cm³/mol. The first-order valence-corrected chi connectivity index (χ1v) is 7.79. The fraction of sp³-hybridized carbons (Fsp3) is 0.556. The van der Waals surface area contributed by atoms with E-state index in [0.717, 1.165) is 6.42 Å². The van der Waals surface area contributed by atoms with Crippen molar-refractivity contribution in [2.24, 2.45) is 5.92 Å². The average Bonchev–Trinajstić information content (AvgIpc) is 2.45. The van der Waals surface area contributed by atoms with Crippen molar-refractivity contribution in [1.29, 1.82) is 0 Å². The molecule has 0 aliphatic heterocycles. The molecule has 1 aromatic rings. The average molecular weight is 308 g/mol. The van der Waals surface area contributed by atoms with Gasteiger partial charge in [0, 0.05) is 0 Å². The molecular weight excluding hydrogens is 280 g/mol. The Morgan fingerprint density at radius 2 is 1.09 bits per heavy atom. The molecule has 0 radical (unpaired) electrons. The normalized spacial score (nSPS) is 10.2. The van der Waals surface area contributed by atoms with Crippen molar-refractivity contribution in [2.45, 2.75) is 59.7 Å². The third kappa shape index (κ3) is 9.97. The van der Waals surface area contributed by atoms with Crippen LogP contribution in [0.4, 0.5) is 0 Å². The molecule has 0 N–H and O–H groups in total. The van der Waals surface area contributed by atoms with Crippen molar-refractivity contribution in [3.05, 3.63) is 36.4 Å². The molecule has 4 nitrogen and oxygen atoms in total. The third-order valence-electron chi connectivity index (χ3n) is 2.52. The number of esters is 2. The second kappa shape index (κ2) is 11.8. The van der Waals surface area contributed by atoms with E-state index in [2.05, 4.69) is 0 Å². The number of ether oxygens (including phenoxy) is 2. The number of rotatable bonds is 6. The number of carbonyl (C=O) groups excluding carboxylic acids is 2. The van der Waals surface area contributed by atoms with E-state index in [1.807, 2.05) is 43.3 Å². The molecule has 0 spiro atoms. The van der Waals surface area contributed by atoms with Crippen LogP contribution in [0.15, 0.2) is 36.4 Å². The van der Waals surface area contributed by atoms with Crippen LogP contribution in [0.5, 0.6) is 0 Å². The molecular formula is C18H28O4. The Morgan fingerprint density at radius 3 is 1.32 bits per heavy atom. The maximum absolute atomic E-state index is 11.6. The summed E-state index contributed by atoms with van der Waals surface area (Å²) in [6, 6.07) is 12.0. The van der Waals surface area contributed by atoms with Crippen LogP contribution >= 0.6 is 0 Å². The number of hydrogen-bond donors (Lipinski definition) is 0. The number of hydrogen-bond acceptors (Lipinski definition) is 4. The van der Waals surface area contributed by atoms with E-state index >= 15 is 0 Å². The van der Waals surface area contributed by atoms with Gasteiger partial charge in [-0.25, -0.2) is 0 Å². The quantitative estimate of drug-likeness (QED) is 0.589. The Labute approximate surface area is 133 Å². The molecule has 0 amide bonds. The largest absolute Gasteiger partial charge is 0.462 e. The summed E-state index contributed by atoms with van der Waals surface area (Å²) < 4.78 is 10.1. The minimum absolute atomic E-state index is 0.210. The van der Waals surface area contributed by atoms with Crippen LogP contribution in [0.25, 0.3) is 0 Å². The topological polar surface area (TPSA) is 52.6 Å². The maximum Gasteiger partial charge on any atom is 0.320 e. The summed E-state index contributed by atoms with van der Waals surface area (Å²) in [6.07, 6.45) is 0.791. The Bertz CT molecular complexity index is 364. The Balaban J connectivity index is 0.000000604. The molecule has 124 valence electrons. The van der Waals surface area contributed by atoms with Gasteiger partial charge in [-0.1, -0.05) is 49.7 Å². The lowest BCUT2D eigenvalue weighted by molar-refractivity contribution is -0.166. The van der Waals surface area contributed by atoms with Crippen LogP contribution in [0.2, 0.25) is 0 Å². The fourth-order valence-corrected chi connectivity index (χ4v) is 1.63. The number of carbonyl (C=O) groups is 2. The lowest BCUT2D eigenvalue weighted by Gasteiger charge is -2.17. The van der Waals surface area contributed by atoms with Crippen LogP contribution in [0, 0.1) is 5.92 Å². The monoisotopic (exact) mass is 308 g/mol. The van der Waals surface area contributed by atoms with Crippen molar-refractivity contribution >= 4 is 11.9 Å². The van der Waals surface area contributed by atoms with E-state index < -0.39 is 17.9 Å². The minimum Gasteiger partial charge on any atom is -0.462 e. The van der Waals surface area contributed by atoms with Crippen LogP contribution < -0.4 is 0 Å². The molecule has 0 fully saturated rings. The molecule has 0 aliphatic carbocycles. The molecule has 22 heavy (non-hydrogen) atoms. The highest BCUT2D eigenvalue weighted by Crippen LogP contribution is 2.13. The van der Waals surface area contributed by atoms with Crippen molar-refractivity contribution in [2.75, 3.05) is 0 Å². The zero-order valence-corrected chi connectivity index (χ0v) is 14.2. The Kier molecular flexibility index (Phi) is 10.8. The SMILES string of the molecule is CCCC(C(=O)OC(C)C)C(=O)OC(C)C.c1ccccc1. The van der Waals surface area contributed by atoms with Crippen molar-refractivity contribution in [3.63, 3.8) is 0 Å². The van der Waals surface area contributed by atoms with Gasteiger partial charge < -0.3 is 9.47 Å². The van der Waals surface area contributed by atoms with Gasteiger partial charge in [0.2, 0.25) is 0 Å². The first-order chi connectivity index (χ1) is 10.4. The molecule has 0 aromatic heterocycles. The number of benzene rings is 1. The second-order valence-corrected chi connectivity index (χ2v) is 5.47. The Hall–Kier alpha value is -1.84. The molecule has 1 rings (SSSR count). The minimum atomic E-state index is -0.783.